The van der Waals surface area contributed by atoms with E-state index in [-0.39, 0.29) is 5.92 Å². The molecule has 0 spiro atoms. The van der Waals surface area contributed by atoms with Crippen molar-refractivity contribution in [3.05, 3.63) is 102 Å². The highest BCUT2D eigenvalue weighted by atomic mass is 16.5. The van der Waals surface area contributed by atoms with E-state index in [9.17, 15) is 9.90 Å². The average Bonchev–Trinajstić information content (AvgIpc) is 2.91. The number of allylic oxidation sites excluding steroid dienone is 1. The number of carbonyl (C=O) groups excluding carboxylic acids is 1. The van der Waals surface area contributed by atoms with Gasteiger partial charge < -0.3 is 19.4 Å². The molecule has 0 radical (unpaired) electrons. The lowest BCUT2D eigenvalue weighted by Crippen LogP contribution is -2.37. The molecule has 0 amide bonds. The van der Waals surface area contributed by atoms with Gasteiger partial charge in [0.1, 0.15) is 37.2 Å². The van der Waals surface area contributed by atoms with Crippen molar-refractivity contribution < 1.29 is 19.4 Å². The highest BCUT2D eigenvalue weighted by Crippen LogP contribution is 2.38. The number of nitrogens with zero attached hydrogens (tertiary/aromatic N) is 1. The van der Waals surface area contributed by atoms with E-state index < -0.39 is 6.23 Å². The molecule has 1 heterocycles. The number of aliphatic hydroxyl groups excluding tert-OH is 1. The van der Waals surface area contributed by atoms with E-state index in [1.165, 1.54) is 0 Å². The number of hydrogen-bond donors (Lipinski definition) is 1. The van der Waals surface area contributed by atoms with Gasteiger partial charge in [-0.05, 0) is 42.5 Å². The van der Waals surface area contributed by atoms with Gasteiger partial charge in [0.2, 0.25) is 0 Å². The summed E-state index contributed by atoms with van der Waals surface area (Å²) in [7, 11) is 0. The number of aliphatic hydroxyl groups is 1. The Kier molecular flexibility index (Phi) is 8.35. The molecule has 1 aliphatic heterocycles. The molecule has 0 bridgehead atoms. The summed E-state index contributed by atoms with van der Waals surface area (Å²) >= 11 is 0. The molecule has 35 heavy (non-hydrogen) atoms. The van der Waals surface area contributed by atoms with Crippen molar-refractivity contribution >= 4 is 11.9 Å². The molecular formula is C30H33NO4. The zero-order chi connectivity index (χ0) is 24.6. The van der Waals surface area contributed by atoms with Crippen LogP contribution in [0.2, 0.25) is 0 Å². The van der Waals surface area contributed by atoms with Crippen LogP contribution in [-0.4, -0.2) is 29.4 Å². The van der Waals surface area contributed by atoms with Crippen molar-refractivity contribution in [2.45, 2.75) is 39.2 Å². The van der Waals surface area contributed by atoms with Crippen LogP contribution in [-0.2, 0) is 18.0 Å². The Hall–Kier alpha value is -3.41. The highest BCUT2D eigenvalue weighted by Gasteiger charge is 2.28. The number of aldehydes is 1. The van der Waals surface area contributed by atoms with Gasteiger partial charge in [0, 0.05) is 36.2 Å². The summed E-state index contributed by atoms with van der Waals surface area (Å²) in [6.07, 6.45) is 1.66. The zero-order valence-corrected chi connectivity index (χ0v) is 20.2. The SMILES string of the molecule is C=C(C)c1cc(C(O)N2CCC(C=O)CC2)c(OCc2ccccc2)cc1OCc1ccccc1. The van der Waals surface area contributed by atoms with Gasteiger partial charge in [0.05, 0.1) is 0 Å². The Morgan fingerprint density at radius 2 is 1.51 bits per heavy atom. The Morgan fingerprint density at radius 3 is 2.03 bits per heavy atom. The first-order chi connectivity index (χ1) is 17.0. The number of piperidine rings is 1. The second kappa shape index (κ2) is 11.8. The molecular weight excluding hydrogens is 438 g/mol. The zero-order valence-electron chi connectivity index (χ0n) is 20.2. The number of hydrogen-bond acceptors (Lipinski definition) is 5. The summed E-state index contributed by atoms with van der Waals surface area (Å²) in [5.41, 5.74) is 4.46. The van der Waals surface area contributed by atoms with Crippen molar-refractivity contribution in [2.24, 2.45) is 5.92 Å². The standard InChI is InChI=1S/C30H33NO4/c1-22(2)26-17-27(30(33)31-15-13-23(19-32)14-16-31)29(35-21-25-11-7-4-8-12-25)18-28(26)34-20-24-9-5-3-6-10-24/h3-12,17-19,23,30,33H,1,13-16,20-21H2,2H3. The van der Waals surface area contributed by atoms with Gasteiger partial charge in [-0.25, -0.2) is 0 Å². The average molecular weight is 472 g/mol. The molecule has 3 aromatic carbocycles. The fraction of sp³-hybridized carbons (Fsp3) is 0.300. The molecule has 1 aliphatic rings. The smallest absolute Gasteiger partial charge is 0.137 e. The first kappa shape index (κ1) is 24.7. The molecule has 0 aromatic heterocycles. The monoisotopic (exact) mass is 471 g/mol. The molecule has 4 rings (SSSR count). The largest absolute Gasteiger partial charge is 0.488 e. The van der Waals surface area contributed by atoms with Crippen molar-refractivity contribution in [1.82, 2.24) is 4.90 Å². The van der Waals surface area contributed by atoms with Crippen LogP contribution in [0.4, 0.5) is 0 Å². The van der Waals surface area contributed by atoms with Crippen LogP contribution in [0.25, 0.3) is 5.57 Å². The van der Waals surface area contributed by atoms with E-state index in [4.69, 9.17) is 9.47 Å². The number of rotatable bonds is 10. The number of ether oxygens (including phenoxy) is 2. The maximum Gasteiger partial charge on any atom is 0.137 e. The second-order valence-electron chi connectivity index (χ2n) is 9.10. The predicted octanol–water partition coefficient (Wildman–Crippen LogP) is 5.78. The van der Waals surface area contributed by atoms with Gasteiger partial charge in [-0.15, -0.1) is 0 Å². The van der Waals surface area contributed by atoms with Gasteiger partial charge in [-0.3, -0.25) is 4.90 Å². The van der Waals surface area contributed by atoms with Gasteiger partial charge in [-0.2, -0.15) is 0 Å². The topological polar surface area (TPSA) is 59.0 Å². The third kappa shape index (κ3) is 6.38. The lowest BCUT2D eigenvalue weighted by molar-refractivity contribution is -0.113. The second-order valence-corrected chi connectivity index (χ2v) is 9.10. The lowest BCUT2D eigenvalue weighted by Gasteiger charge is -2.34. The molecule has 1 saturated heterocycles. The van der Waals surface area contributed by atoms with E-state index in [2.05, 4.69) is 6.58 Å². The van der Waals surface area contributed by atoms with Crippen molar-refractivity contribution in [2.75, 3.05) is 13.1 Å². The van der Waals surface area contributed by atoms with Crippen LogP contribution in [0.1, 0.15) is 48.2 Å². The van der Waals surface area contributed by atoms with Crippen LogP contribution in [0.5, 0.6) is 11.5 Å². The summed E-state index contributed by atoms with van der Waals surface area (Å²) in [5.74, 6) is 1.30. The van der Waals surface area contributed by atoms with Gasteiger partial charge >= 0.3 is 0 Å². The summed E-state index contributed by atoms with van der Waals surface area (Å²) < 4.78 is 12.5. The van der Waals surface area contributed by atoms with Crippen LogP contribution in [0, 0.1) is 5.92 Å². The molecule has 5 heteroatoms. The van der Waals surface area contributed by atoms with Gasteiger partial charge in [0.15, 0.2) is 0 Å². The minimum absolute atomic E-state index is 0.0620. The van der Waals surface area contributed by atoms with Crippen molar-refractivity contribution in [3.8, 4) is 11.5 Å². The minimum Gasteiger partial charge on any atom is -0.488 e. The Bertz CT molecular complexity index is 1120. The predicted molar refractivity (Wildman–Crippen MR) is 138 cm³/mol. The molecule has 0 saturated carbocycles. The normalized spacial score (nSPS) is 15.4. The fourth-order valence-electron chi connectivity index (χ4n) is 4.33. The summed E-state index contributed by atoms with van der Waals surface area (Å²) in [4.78, 5) is 13.2. The first-order valence-electron chi connectivity index (χ1n) is 12.1. The maximum atomic E-state index is 11.4. The number of carbonyl (C=O) groups is 1. The van der Waals surface area contributed by atoms with E-state index in [1.54, 1.807) is 0 Å². The Labute approximate surface area is 207 Å². The van der Waals surface area contributed by atoms with Gasteiger partial charge in [0.25, 0.3) is 0 Å². The van der Waals surface area contributed by atoms with E-state index >= 15 is 0 Å². The summed E-state index contributed by atoms with van der Waals surface area (Å²) in [6.45, 7) is 8.17. The molecule has 1 unspecified atom stereocenters. The molecule has 182 valence electrons. The maximum absolute atomic E-state index is 11.4. The highest BCUT2D eigenvalue weighted by molar-refractivity contribution is 5.70. The Balaban J connectivity index is 1.64. The fourth-order valence-corrected chi connectivity index (χ4v) is 4.33. The van der Waals surface area contributed by atoms with Crippen LogP contribution >= 0.6 is 0 Å². The van der Waals surface area contributed by atoms with Crippen LogP contribution in [0.3, 0.4) is 0 Å². The van der Waals surface area contributed by atoms with Crippen LogP contribution in [0.15, 0.2) is 79.4 Å². The van der Waals surface area contributed by atoms with Gasteiger partial charge in [-0.1, -0.05) is 67.2 Å². The van der Waals surface area contributed by atoms with Crippen LogP contribution < -0.4 is 9.47 Å². The lowest BCUT2D eigenvalue weighted by atomic mass is 9.96. The molecule has 1 atom stereocenters. The number of benzene rings is 3. The third-order valence-electron chi connectivity index (χ3n) is 6.44. The molecule has 3 aromatic rings. The number of likely N-dealkylation sites (tertiary alicyclic amines) is 1. The third-order valence-corrected chi connectivity index (χ3v) is 6.44. The Morgan fingerprint density at radius 1 is 0.971 bits per heavy atom. The first-order valence-corrected chi connectivity index (χ1v) is 12.1. The molecule has 1 N–H and O–H groups in total. The summed E-state index contributed by atoms with van der Waals surface area (Å²) in [5, 5.41) is 11.4. The summed E-state index contributed by atoms with van der Waals surface area (Å²) in [6, 6.07) is 23.7. The molecule has 5 nitrogen and oxygen atoms in total. The van der Waals surface area contributed by atoms with Crippen molar-refractivity contribution in [1.29, 1.82) is 0 Å². The molecule has 1 fully saturated rings. The minimum atomic E-state index is -0.852. The van der Waals surface area contributed by atoms with E-state index in [0.29, 0.717) is 43.4 Å². The molecule has 0 aliphatic carbocycles. The quantitative estimate of drug-likeness (QED) is 0.380. The van der Waals surface area contributed by atoms with E-state index in [1.807, 2.05) is 84.6 Å². The van der Waals surface area contributed by atoms with E-state index in [0.717, 1.165) is 41.4 Å². The van der Waals surface area contributed by atoms with Crippen molar-refractivity contribution in [3.63, 3.8) is 0 Å².